The molecule has 3 N–H and O–H groups in total. The smallest absolute Gasteiger partial charge is 0.0854 e. The molecule has 0 radical (unpaired) electrons. The summed E-state index contributed by atoms with van der Waals surface area (Å²) in [4.78, 5) is 4.52. The van der Waals surface area contributed by atoms with E-state index in [2.05, 4.69) is 42.5 Å². The molecule has 4 heteroatoms. The fraction of sp³-hybridized carbons (Fsp3) is 0.438. The fourth-order valence-electron chi connectivity index (χ4n) is 2.52. The molecule has 0 aliphatic rings. The van der Waals surface area contributed by atoms with Crippen molar-refractivity contribution in [3.8, 4) is 0 Å². The molecule has 1 aromatic carbocycles. The highest BCUT2D eigenvalue weighted by Crippen LogP contribution is 2.32. The zero-order chi connectivity index (χ0) is 14.8. The van der Waals surface area contributed by atoms with Crippen molar-refractivity contribution in [2.75, 3.05) is 7.11 Å². The summed E-state index contributed by atoms with van der Waals surface area (Å²) in [6.07, 6.45) is 0.864. The molecular formula is C16H23N3O. The predicted molar refractivity (Wildman–Crippen MR) is 82.2 cm³/mol. The van der Waals surface area contributed by atoms with Crippen molar-refractivity contribution in [2.45, 2.75) is 38.8 Å². The number of nitrogens with zero attached hydrogens (tertiary/aromatic N) is 1. The minimum absolute atomic E-state index is 0.0665. The van der Waals surface area contributed by atoms with Crippen molar-refractivity contribution in [1.82, 2.24) is 10.4 Å². The first-order valence-corrected chi connectivity index (χ1v) is 6.92. The number of hydrogen-bond acceptors (Lipinski definition) is 4. The largest absolute Gasteiger partial charge is 0.376 e. The highest BCUT2D eigenvalue weighted by Gasteiger charge is 2.33. The number of methoxy groups -OCH3 is 1. The van der Waals surface area contributed by atoms with Crippen molar-refractivity contribution in [3.63, 3.8) is 0 Å². The van der Waals surface area contributed by atoms with E-state index >= 15 is 0 Å². The Morgan fingerprint density at radius 3 is 2.70 bits per heavy atom. The second-order valence-electron chi connectivity index (χ2n) is 5.37. The number of rotatable bonds is 5. The van der Waals surface area contributed by atoms with Crippen molar-refractivity contribution >= 4 is 10.9 Å². The van der Waals surface area contributed by atoms with Crippen LogP contribution in [-0.4, -0.2) is 17.7 Å². The number of ether oxygens (including phenoxy) is 1. The van der Waals surface area contributed by atoms with Gasteiger partial charge >= 0.3 is 0 Å². The first kappa shape index (κ1) is 14.9. The Labute approximate surface area is 120 Å². The normalized spacial score (nSPS) is 16.1. The maximum Gasteiger partial charge on any atom is 0.0854 e. The molecule has 20 heavy (non-hydrogen) atoms. The number of nitrogens with two attached hydrogens (primary N) is 1. The highest BCUT2D eigenvalue weighted by molar-refractivity contribution is 5.79. The molecule has 1 heterocycles. The SMILES string of the molecule is CCC(C)(OC)C(NN)c1ccc2nc(C)ccc2c1. The van der Waals surface area contributed by atoms with Crippen LogP contribution in [-0.2, 0) is 4.74 Å². The van der Waals surface area contributed by atoms with Gasteiger partial charge in [0, 0.05) is 18.2 Å². The van der Waals surface area contributed by atoms with Gasteiger partial charge in [0.2, 0.25) is 0 Å². The lowest BCUT2D eigenvalue weighted by molar-refractivity contribution is -0.0300. The van der Waals surface area contributed by atoms with Gasteiger partial charge in [-0.3, -0.25) is 16.3 Å². The summed E-state index contributed by atoms with van der Waals surface area (Å²) < 4.78 is 5.67. The summed E-state index contributed by atoms with van der Waals surface area (Å²) in [5.41, 5.74) is 5.68. The highest BCUT2D eigenvalue weighted by atomic mass is 16.5. The zero-order valence-corrected chi connectivity index (χ0v) is 12.6. The van der Waals surface area contributed by atoms with Crippen LogP contribution in [0.25, 0.3) is 10.9 Å². The molecule has 0 bridgehead atoms. The van der Waals surface area contributed by atoms with E-state index < -0.39 is 0 Å². The predicted octanol–water partition coefficient (Wildman–Crippen LogP) is 2.86. The molecule has 1 aromatic heterocycles. The van der Waals surface area contributed by atoms with Crippen LogP contribution in [0.1, 0.15) is 37.6 Å². The number of nitrogens with one attached hydrogen (secondary N) is 1. The second-order valence-corrected chi connectivity index (χ2v) is 5.37. The maximum atomic E-state index is 5.76. The van der Waals surface area contributed by atoms with Crippen LogP contribution < -0.4 is 11.3 Å². The molecule has 2 rings (SSSR count). The van der Waals surface area contributed by atoms with Crippen LogP contribution in [0.15, 0.2) is 30.3 Å². The monoisotopic (exact) mass is 273 g/mol. The molecule has 2 unspecified atom stereocenters. The molecule has 0 spiro atoms. The third kappa shape index (κ3) is 2.68. The minimum atomic E-state index is -0.347. The van der Waals surface area contributed by atoms with Gasteiger partial charge in [0.25, 0.3) is 0 Å². The van der Waals surface area contributed by atoms with Crippen molar-refractivity contribution in [2.24, 2.45) is 5.84 Å². The molecule has 2 atom stereocenters. The quantitative estimate of drug-likeness (QED) is 0.649. The van der Waals surface area contributed by atoms with E-state index in [-0.39, 0.29) is 11.6 Å². The first-order chi connectivity index (χ1) is 9.54. The van der Waals surface area contributed by atoms with Gasteiger partial charge in [-0.1, -0.05) is 19.1 Å². The number of aromatic nitrogens is 1. The lowest BCUT2D eigenvalue weighted by Gasteiger charge is -2.35. The molecule has 4 nitrogen and oxygen atoms in total. The molecule has 0 amide bonds. The first-order valence-electron chi connectivity index (χ1n) is 6.92. The van der Waals surface area contributed by atoms with E-state index in [1.807, 2.05) is 19.1 Å². The molecule has 108 valence electrons. The van der Waals surface area contributed by atoms with E-state index in [9.17, 15) is 0 Å². The van der Waals surface area contributed by atoms with Crippen LogP contribution in [0.3, 0.4) is 0 Å². The maximum absolute atomic E-state index is 5.76. The average molecular weight is 273 g/mol. The topological polar surface area (TPSA) is 60.2 Å². The molecule has 0 aliphatic carbocycles. The Morgan fingerprint density at radius 2 is 2.10 bits per heavy atom. The third-order valence-corrected chi connectivity index (χ3v) is 4.13. The summed E-state index contributed by atoms with van der Waals surface area (Å²) in [5, 5.41) is 1.11. The fourth-order valence-corrected chi connectivity index (χ4v) is 2.52. The van der Waals surface area contributed by atoms with Gasteiger partial charge in [-0.25, -0.2) is 0 Å². The van der Waals surface area contributed by atoms with E-state index in [1.54, 1.807) is 7.11 Å². The molecular weight excluding hydrogens is 250 g/mol. The van der Waals surface area contributed by atoms with Crippen LogP contribution >= 0.6 is 0 Å². The van der Waals surface area contributed by atoms with Crippen LogP contribution in [0, 0.1) is 6.92 Å². The van der Waals surface area contributed by atoms with Crippen LogP contribution in [0.5, 0.6) is 0 Å². The van der Waals surface area contributed by atoms with Gasteiger partial charge in [-0.2, -0.15) is 0 Å². The minimum Gasteiger partial charge on any atom is -0.376 e. The van der Waals surface area contributed by atoms with Gasteiger partial charge in [0.1, 0.15) is 0 Å². The molecule has 2 aromatic rings. The number of hydrazine groups is 1. The Kier molecular flexibility index (Phi) is 4.38. The molecule has 0 saturated carbocycles. The lowest BCUT2D eigenvalue weighted by atomic mass is 9.87. The summed E-state index contributed by atoms with van der Waals surface area (Å²) in [6, 6.07) is 10.3. The summed E-state index contributed by atoms with van der Waals surface area (Å²) in [7, 11) is 1.72. The van der Waals surface area contributed by atoms with Crippen molar-refractivity contribution in [1.29, 1.82) is 0 Å². The number of hydrogen-bond donors (Lipinski definition) is 2. The lowest BCUT2D eigenvalue weighted by Crippen LogP contribution is -2.45. The Morgan fingerprint density at radius 1 is 1.35 bits per heavy atom. The Bertz CT molecular complexity index is 593. The van der Waals surface area contributed by atoms with Gasteiger partial charge in [0.05, 0.1) is 17.2 Å². The van der Waals surface area contributed by atoms with E-state index in [0.29, 0.717) is 0 Å². The van der Waals surface area contributed by atoms with Gasteiger partial charge in [0.15, 0.2) is 0 Å². The van der Waals surface area contributed by atoms with Crippen LogP contribution in [0.4, 0.5) is 0 Å². The van der Waals surface area contributed by atoms with E-state index in [0.717, 1.165) is 28.6 Å². The van der Waals surface area contributed by atoms with Gasteiger partial charge in [-0.15, -0.1) is 0 Å². The van der Waals surface area contributed by atoms with Crippen molar-refractivity contribution < 1.29 is 4.74 Å². The number of aryl methyl sites for hydroxylation is 1. The van der Waals surface area contributed by atoms with E-state index in [1.165, 1.54) is 0 Å². The van der Waals surface area contributed by atoms with Crippen LogP contribution in [0.2, 0.25) is 0 Å². The zero-order valence-electron chi connectivity index (χ0n) is 12.6. The second kappa shape index (κ2) is 5.87. The number of pyridine rings is 1. The number of benzene rings is 1. The number of fused-ring (bicyclic) bond motifs is 1. The Hall–Kier alpha value is -1.49. The summed E-state index contributed by atoms with van der Waals surface area (Å²) >= 11 is 0. The van der Waals surface area contributed by atoms with Gasteiger partial charge in [-0.05, 0) is 44.0 Å². The molecule has 0 aliphatic heterocycles. The molecule has 0 saturated heterocycles. The van der Waals surface area contributed by atoms with Crippen molar-refractivity contribution in [3.05, 3.63) is 41.6 Å². The third-order valence-electron chi connectivity index (χ3n) is 4.13. The standard InChI is InChI=1S/C16H23N3O/c1-5-16(3,20-4)15(19-17)13-8-9-14-12(10-13)7-6-11(2)18-14/h6-10,15,19H,5,17H2,1-4H3. The summed E-state index contributed by atoms with van der Waals surface area (Å²) in [6.45, 7) is 6.16. The van der Waals surface area contributed by atoms with E-state index in [4.69, 9.17) is 10.6 Å². The van der Waals surface area contributed by atoms with Gasteiger partial charge < -0.3 is 4.74 Å². The average Bonchev–Trinajstić information content (AvgIpc) is 2.47. The summed E-state index contributed by atoms with van der Waals surface area (Å²) in [5.74, 6) is 5.76. The molecule has 0 fully saturated rings. The Balaban J connectivity index is 2.47.